The first-order chi connectivity index (χ1) is 19.4. The molecule has 9 nitrogen and oxygen atoms in total. The summed E-state index contributed by atoms with van der Waals surface area (Å²) in [5, 5.41) is 6.60. The number of H-pyrrole nitrogens is 1. The number of hydrogen-bond donors (Lipinski definition) is 3. The Labute approximate surface area is 233 Å². The number of aryl methyl sites for hydroxylation is 1. The number of likely N-dealkylation sites (tertiary alicyclic amines) is 1. The third-order valence-corrected chi connectivity index (χ3v) is 7.16. The molecule has 0 bridgehead atoms. The zero-order chi connectivity index (χ0) is 28.1. The standard InChI is InChI=1S/C31H34N6O3/c1-3-7-28(38)22-10-8-21(9-11-22)27-15-23-14-24(17-33-30(23)35-27)31(40)36-26-16-25(18-32-20(26)2)34-29(39)19-37-12-5-4-6-13-37/h8-11,14-18H,3-7,12-13,19H2,1-2H3,(H,33,35)(H,34,39)(H,36,40). The quantitative estimate of drug-likeness (QED) is 0.239. The molecule has 1 fully saturated rings. The van der Waals surface area contributed by atoms with E-state index in [1.165, 1.54) is 12.6 Å². The lowest BCUT2D eigenvalue weighted by molar-refractivity contribution is -0.117. The molecule has 4 aromatic rings. The predicted molar refractivity (Wildman–Crippen MR) is 157 cm³/mol. The van der Waals surface area contributed by atoms with Gasteiger partial charge in [-0.25, -0.2) is 4.98 Å². The summed E-state index contributed by atoms with van der Waals surface area (Å²) in [6, 6.07) is 12.9. The minimum Gasteiger partial charge on any atom is -0.339 e. The number of Topliss-reactive ketones (excluding diaryl/α,β-unsaturated/α-hetero) is 1. The van der Waals surface area contributed by atoms with E-state index in [0.29, 0.717) is 46.8 Å². The Bertz CT molecular complexity index is 1540. The molecule has 3 aromatic heterocycles. The molecule has 3 N–H and O–H groups in total. The van der Waals surface area contributed by atoms with Crippen LogP contribution in [-0.2, 0) is 4.79 Å². The van der Waals surface area contributed by atoms with Crippen LogP contribution in [-0.4, -0.2) is 57.1 Å². The Morgan fingerprint density at radius 1 is 0.925 bits per heavy atom. The zero-order valence-corrected chi connectivity index (χ0v) is 22.9. The van der Waals surface area contributed by atoms with Crippen molar-refractivity contribution in [3.05, 3.63) is 71.7 Å². The van der Waals surface area contributed by atoms with Crippen LogP contribution in [0, 0.1) is 6.92 Å². The molecule has 0 atom stereocenters. The Balaban J connectivity index is 1.27. The van der Waals surface area contributed by atoms with Crippen LogP contribution in [0.15, 0.2) is 54.9 Å². The summed E-state index contributed by atoms with van der Waals surface area (Å²) in [4.78, 5) is 52.0. The van der Waals surface area contributed by atoms with Crippen molar-refractivity contribution in [3.63, 3.8) is 0 Å². The summed E-state index contributed by atoms with van der Waals surface area (Å²) < 4.78 is 0. The Morgan fingerprint density at radius 3 is 2.45 bits per heavy atom. The second-order valence-electron chi connectivity index (χ2n) is 10.3. The second-order valence-corrected chi connectivity index (χ2v) is 10.3. The van der Waals surface area contributed by atoms with Gasteiger partial charge in [0.15, 0.2) is 5.78 Å². The van der Waals surface area contributed by atoms with Gasteiger partial charge in [-0.2, -0.15) is 0 Å². The fraction of sp³-hybridized carbons (Fsp3) is 0.323. The van der Waals surface area contributed by atoms with Crippen molar-refractivity contribution < 1.29 is 14.4 Å². The van der Waals surface area contributed by atoms with Gasteiger partial charge in [-0.15, -0.1) is 0 Å². The highest BCUT2D eigenvalue weighted by Crippen LogP contribution is 2.25. The SMILES string of the molecule is CCCC(=O)c1ccc(-c2cc3cc(C(=O)Nc4cc(NC(=O)CN5CCCCC5)cnc4C)cnc3[nH]2)cc1. The van der Waals surface area contributed by atoms with Crippen LogP contribution in [0.3, 0.4) is 0 Å². The minimum atomic E-state index is -0.322. The molecule has 40 heavy (non-hydrogen) atoms. The van der Waals surface area contributed by atoms with Gasteiger partial charge in [0, 0.05) is 29.3 Å². The number of ketones is 1. The Kier molecular flexibility index (Phi) is 8.31. The monoisotopic (exact) mass is 538 g/mol. The zero-order valence-electron chi connectivity index (χ0n) is 22.9. The average molecular weight is 539 g/mol. The summed E-state index contributed by atoms with van der Waals surface area (Å²) in [6.45, 7) is 6.02. The molecule has 1 aliphatic rings. The van der Waals surface area contributed by atoms with Crippen LogP contribution >= 0.6 is 0 Å². The largest absolute Gasteiger partial charge is 0.339 e. The molecule has 9 heteroatoms. The van der Waals surface area contributed by atoms with Gasteiger partial charge in [0.05, 0.1) is 35.4 Å². The number of aromatic nitrogens is 3. The molecule has 2 amide bonds. The number of benzene rings is 1. The number of carbonyl (C=O) groups is 3. The van der Waals surface area contributed by atoms with E-state index in [1.54, 1.807) is 25.3 Å². The van der Waals surface area contributed by atoms with Gasteiger partial charge in [-0.3, -0.25) is 24.3 Å². The summed E-state index contributed by atoms with van der Waals surface area (Å²) in [6.07, 6.45) is 7.93. The fourth-order valence-electron chi connectivity index (χ4n) is 4.95. The lowest BCUT2D eigenvalue weighted by Crippen LogP contribution is -2.36. The summed E-state index contributed by atoms with van der Waals surface area (Å²) in [7, 11) is 0. The maximum Gasteiger partial charge on any atom is 0.257 e. The molecule has 0 unspecified atom stereocenters. The lowest BCUT2D eigenvalue weighted by atomic mass is 10.0. The van der Waals surface area contributed by atoms with E-state index in [1.807, 2.05) is 37.3 Å². The van der Waals surface area contributed by atoms with Crippen molar-refractivity contribution in [2.24, 2.45) is 0 Å². The Hall–Kier alpha value is -4.37. The molecule has 0 saturated carbocycles. The number of amides is 2. The lowest BCUT2D eigenvalue weighted by Gasteiger charge is -2.25. The normalized spacial score (nSPS) is 13.8. The van der Waals surface area contributed by atoms with Crippen LogP contribution in [0.25, 0.3) is 22.3 Å². The molecule has 0 spiro atoms. The van der Waals surface area contributed by atoms with Crippen LogP contribution in [0.1, 0.15) is 65.4 Å². The number of piperidine rings is 1. The first-order valence-electron chi connectivity index (χ1n) is 13.8. The molecule has 206 valence electrons. The van der Waals surface area contributed by atoms with E-state index in [-0.39, 0.29) is 17.6 Å². The van der Waals surface area contributed by atoms with E-state index < -0.39 is 0 Å². The smallest absolute Gasteiger partial charge is 0.257 e. The van der Waals surface area contributed by atoms with Gasteiger partial charge in [0.2, 0.25) is 5.91 Å². The van der Waals surface area contributed by atoms with Crippen molar-refractivity contribution >= 4 is 40.0 Å². The van der Waals surface area contributed by atoms with Crippen molar-refractivity contribution in [3.8, 4) is 11.3 Å². The van der Waals surface area contributed by atoms with Crippen molar-refractivity contribution in [2.75, 3.05) is 30.3 Å². The molecular formula is C31H34N6O3. The number of nitrogens with zero attached hydrogens (tertiary/aromatic N) is 3. The highest BCUT2D eigenvalue weighted by atomic mass is 16.2. The molecular weight excluding hydrogens is 504 g/mol. The number of carbonyl (C=O) groups excluding carboxylic acids is 3. The first kappa shape index (κ1) is 27.2. The van der Waals surface area contributed by atoms with E-state index in [9.17, 15) is 14.4 Å². The number of fused-ring (bicyclic) bond motifs is 1. The third-order valence-electron chi connectivity index (χ3n) is 7.16. The molecule has 1 saturated heterocycles. The van der Waals surface area contributed by atoms with Gasteiger partial charge < -0.3 is 15.6 Å². The summed E-state index contributed by atoms with van der Waals surface area (Å²) in [5.74, 6) is -0.276. The van der Waals surface area contributed by atoms with E-state index in [4.69, 9.17) is 0 Å². The van der Waals surface area contributed by atoms with Gasteiger partial charge in [0.1, 0.15) is 5.65 Å². The molecule has 0 aliphatic carbocycles. The number of pyridine rings is 2. The Morgan fingerprint density at radius 2 is 1.70 bits per heavy atom. The van der Waals surface area contributed by atoms with Crippen LogP contribution < -0.4 is 10.6 Å². The number of anilines is 2. The van der Waals surface area contributed by atoms with Gasteiger partial charge in [0.25, 0.3) is 5.91 Å². The van der Waals surface area contributed by atoms with Crippen LogP contribution in [0.5, 0.6) is 0 Å². The van der Waals surface area contributed by atoms with E-state index in [2.05, 4.69) is 30.5 Å². The van der Waals surface area contributed by atoms with Crippen LogP contribution in [0.2, 0.25) is 0 Å². The highest BCUT2D eigenvalue weighted by molar-refractivity contribution is 6.06. The molecule has 5 rings (SSSR count). The average Bonchev–Trinajstić information content (AvgIpc) is 3.39. The summed E-state index contributed by atoms with van der Waals surface area (Å²) >= 11 is 0. The number of nitrogens with one attached hydrogen (secondary N) is 3. The highest BCUT2D eigenvalue weighted by Gasteiger charge is 2.16. The second kappa shape index (κ2) is 12.2. The van der Waals surface area contributed by atoms with Gasteiger partial charge in [-0.05, 0) is 63.0 Å². The molecule has 1 aliphatic heterocycles. The van der Waals surface area contributed by atoms with Gasteiger partial charge >= 0.3 is 0 Å². The van der Waals surface area contributed by atoms with Crippen LogP contribution in [0.4, 0.5) is 11.4 Å². The molecule has 4 heterocycles. The van der Waals surface area contributed by atoms with E-state index >= 15 is 0 Å². The van der Waals surface area contributed by atoms with Gasteiger partial charge in [-0.1, -0.05) is 37.6 Å². The van der Waals surface area contributed by atoms with Crippen molar-refractivity contribution in [1.29, 1.82) is 0 Å². The predicted octanol–water partition coefficient (Wildman–Crippen LogP) is 5.59. The molecule has 1 aromatic carbocycles. The van der Waals surface area contributed by atoms with Crippen molar-refractivity contribution in [1.82, 2.24) is 19.9 Å². The number of aromatic amines is 1. The third kappa shape index (κ3) is 6.43. The first-order valence-corrected chi connectivity index (χ1v) is 13.8. The molecule has 0 radical (unpaired) electrons. The topological polar surface area (TPSA) is 120 Å². The van der Waals surface area contributed by atoms with Crippen molar-refractivity contribution in [2.45, 2.75) is 46.0 Å². The maximum absolute atomic E-state index is 13.1. The number of hydrogen-bond acceptors (Lipinski definition) is 6. The summed E-state index contributed by atoms with van der Waals surface area (Å²) in [5.41, 5.74) is 5.24. The maximum atomic E-state index is 13.1. The minimum absolute atomic E-state index is 0.0926. The fourth-order valence-corrected chi connectivity index (χ4v) is 4.95. The van der Waals surface area contributed by atoms with E-state index in [0.717, 1.165) is 49.0 Å². The number of rotatable bonds is 9.